The van der Waals surface area contributed by atoms with Gasteiger partial charge < -0.3 is 14.7 Å². The maximum Gasteiger partial charge on any atom is 0.262 e. The molecule has 11 heteroatoms. The first-order chi connectivity index (χ1) is 18.6. The summed E-state index contributed by atoms with van der Waals surface area (Å²) in [6.07, 6.45) is 3.04. The number of carbonyl (C=O) groups is 1. The Kier molecular flexibility index (Phi) is 8.83. The average molecular weight is 557 g/mol. The van der Waals surface area contributed by atoms with Crippen molar-refractivity contribution in [3.63, 3.8) is 0 Å². The van der Waals surface area contributed by atoms with Crippen molar-refractivity contribution < 1.29 is 27.4 Å². The number of fused-ring (bicyclic) bond motifs is 1. The van der Waals surface area contributed by atoms with Crippen molar-refractivity contribution >= 4 is 21.6 Å². The number of halogens is 1. The third kappa shape index (κ3) is 6.73. The van der Waals surface area contributed by atoms with Crippen LogP contribution in [0, 0.1) is 11.7 Å². The predicted molar refractivity (Wildman–Crippen MR) is 145 cm³/mol. The first kappa shape index (κ1) is 28.5. The molecular weight excluding hydrogens is 523 g/mol. The molecule has 9 nitrogen and oxygen atoms in total. The fraction of sp³-hybridized carbons (Fsp3) is 0.357. The van der Waals surface area contributed by atoms with Gasteiger partial charge in [0.05, 0.1) is 28.8 Å². The van der Waals surface area contributed by atoms with Crippen molar-refractivity contribution in [3.05, 3.63) is 83.9 Å². The minimum absolute atomic E-state index is 0.0951. The second kappa shape index (κ2) is 12.1. The summed E-state index contributed by atoms with van der Waals surface area (Å²) in [6.45, 7) is 4.97. The molecule has 2 aromatic carbocycles. The van der Waals surface area contributed by atoms with Crippen LogP contribution in [0.1, 0.15) is 29.8 Å². The van der Waals surface area contributed by atoms with Gasteiger partial charge in [0.2, 0.25) is 0 Å². The maximum atomic E-state index is 13.6. The molecule has 3 atom stereocenters. The number of nitrogens with zero attached hydrogens (tertiary/aromatic N) is 3. The van der Waals surface area contributed by atoms with Crippen LogP contribution in [0.15, 0.2) is 71.9 Å². The van der Waals surface area contributed by atoms with E-state index in [-0.39, 0.29) is 40.3 Å². The quantitative estimate of drug-likeness (QED) is 0.416. The van der Waals surface area contributed by atoms with Crippen molar-refractivity contribution in [2.45, 2.75) is 37.4 Å². The molecular formula is C28H33FN4O5S. The Labute approximate surface area is 228 Å². The molecule has 0 unspecified atom stereocenters. The van der Waals surface area contributed by atoms with E-state index in [4.69, 9.17) is 4.74 Å². The van der Waals surface area contributed by atoms with Crippen LogP contribution in [0.4, 0.5) is 10.1 Å². The van der Waals surface area contributed by atoms with Crippen molar-refractivity contribution in [2.24, 2.45) is 5.92 Å². The van der Waals surface area contributed by atoms with Crippen LogP contribution in [-0.4, -0.2) is 73.1 Å². The highest BCUT2D eigenvalue weighted by molar-refractivity contribution is 7.92. The van der Waals surface area contributed by atoms with E-state index in [1.54, 1.807) is 36.4 Å². The van der Waals surface area contributed by atoms with Crippen molar-refractivity contribution in [3.8, 4) is 5.75 Å². The SMILES string of the molecule is C[C@@H]1CN([C@H](C)CO)C(=O)c2cccc(NS(=O)(=O)c3ccc(F)cc3)c2O[C@H]1CN(C)Cc1ccncc1. The number of sulfonamides is 1. The number of hydrogen-bond acceptors (Lipinski definition) is 7. The van der Waals surface area contributed by atoms with Crippen molar-refractivity contribution in [1.29, 1.82) is 0 Å². The number of ether oxygens (including phenoxy) is 1. The molecule has 2 N–H and O–H groups in total. The van der Waals surface area contributed by atoms with Gasteiger partial charge in [0.25, 0.3) is 15.9 Å². The summed E-state index contributed by atoms with van der Waals surface area (Å²) in [5.74, 6) is -0.974. The molecule has 0 bridgehead atoms. The second-order valence-corrected chi connectivity index (χ2v) is 11.6. The first-order valence-electron chi connectivity index (χ1n) is 12.7. The number of para-hydroxylation sites is 1. The summed E-state index contributed by atoms with van der Waals surface area (Å²) in [7, 11) is -2.15. The number of benzene rings is 2. The number of aromatic nitrogens is 1. The van der Waals surface area contributed by atoms with Gasteiger partial charge in [0.1, 0.15) is 11.9 Å². The summed E-state index contributed by atoms with van der Waals surface area (Å²) < 4.78 is 48.7. The minimum Gasteiger partial charge on any atom is -0.486 e. The number of likely N-dealkylation sites (N-methyl/N-ethyl adjacent to an activating group) is 1. The lowest BCUT2D eigenvalue weighted by molar-refractivity contribution is 0.0344. The normalized spacial score (nSPS) is 18.6. The van der Waals surface area contributed by atoms with Gasteiger partial charge in [-0.25, -0.2) is 12.8 Å². The Morgan fingerprint density at radius 1 is 1.18 bits per heavy atom. The van der Waals surface area contributed by atoms with Crippen LogP contribution in [0.25, 0.3) is 0 Å². The molecule has 2 heterocycles. The highest BCUT2D eigenvalue weighted by atomic mass is 32.2. The summed E-state index contributed by atoms with van der Waals surface area (Å²) >= 11 is 0. The number of hydrogen-bond donors (Lipinski definition) is 2. The molecule has 1 aliphatic rings. The molecule has 4 rings (SSSR count). The molecule has 0 spiro atoms. The summed E-state index contributed by atoms with van der Waals surface area (Å²) in [6, 6.07) is 12.5. The minimum atomic E-state index is -4.11. The van der Waals surface area contributed by atoms with Gasteiger partial charge in [-0.1, -0.05) is 13.0 Å². The largest absolute Gasteiger partial charge is 0.486 e. The van der Waals surface area contributed by atoms with Crippen LogP contribution in [0.3, 0.4) is 0 Å². The van der Waals surface area contributed by atoms with Crippen LogP contribution >= 0.6 is 0 Å². The fourth-order valence-electron chi connectivity index (χ4n) is 4.53. The Morgan fingerprint density at radius 3 is 2.54 bits per heavy atom. The Morgan fingerprint density at radius 2 is 1.87 bits per heavy atom. The summed E-state index contributed by atoms with van der Waals surface area (Å²) in [4.78, 5) is 21.2. The number of aliphatic hydroxyl groups excluding tert-OH is 1. The highest BCUT2D eigenvalue weighted by Crippen LogP contribution is 2.36. The molecule has 1 amide bonds. The number of anilines is 1. The molecule has 1 aliphatic heterocycles. The second-order valence-electron chi connectivity index (χ2n) is 9.92. The monoisotopic (exact) mass is 556 g/mol. The number of aliphatic hydroxyl groups is 1. The van der Waals surface area contributed by atoms with E-state index in [9.17, 15) is 22.7 Å². The Bertz CT molecular complexity index is 1390. The van der Waals surface area contributed by atoms with Gasteiger partial charge in [-0.3, -0.25) is 19.4 Å². The van der Waals surface area contributed by atoms with Gasteiger partial charge in [0.15, 0.2) is 5.75 Å². The van der Waals surface area contributed by atoms with E-state index in [0.717, 1.165) is 17.7 Å². The van der Waals surface area contributed by atoms with Crippen molar-refractivity contribution in [1.82, 2.24) is 14.8 Å². The Balaban J connectivity index is 1.71. The van der Waals surface area contributed by atoms with Gasteiger partial charge in [-0.05, 0) is 68.1 Å². The standard InChI is InChI=1S/C28H33FN4O5S/c1-19-15-33(20(2)18-34)28(35)24-5-4-6-25(31-39(36,37)23-9-7-22(29)8-10-23)27(24)38-26(19)17-32(3)16-21-11-13-30-14-12-21/h4-14,19-20,26,31,34H,15-18H2,1-3H3/t19-,20-,26+/m1/s1. The van der Waals surface area contributed by atoms with Crippen LogP contribution in [0.2, 0.25) is 0 Å². The molecule has 39 heavy (non-hydrogen) atoms. The number of nitrogens with one attached hydrogen (secondary N) is 1. The smallest absolute Gasteiger partial charge is 0.262 e. The average Bonchev–Trinajstić information content (AvgIpc) is 2.91. The molecule has 0 saturated carbocycles. The molecule has 1 aromatic heterocycles. The van der Waals surface area contributed by atoms with Crippen molar-refractivity contribution in [2.75, 3.05) is 31.5 Å². The van der Waals surface area contributed by atoms with Gasteiger partial charge in [-0.15, -0.1) is 0 Å². The predicted octanol–water partition coefficient (Wildman–Crippen LogP) is 3.37. The zero-order valence-corrected chi connectivity index (χ0v) is 22.9. The lowest BCUT2D eigenvalue weighted by Gasteiger charge is -2.38. The van der Waals surface area contributed by atoms with Crippen LogP contribution in [-0.2, 0) is 16.6 Å². The van der Waals surface area contributed by atoms with Gasteiger partial charge in [0, 0.05) is 37.9 Å². The zero-order valence-electron chi connectivity index (χ0n) is 22.1. The number of rotatable bonds is 9. The van der Waals surface area contributed by atoms with E-state index in [1.165, 1.54) is 18.2 Å². The third-order valence-electron chi connectivity index (χ3n) is 6.75. The van der Waals surface area contributed by atoms with E-state index in [0.29, 0.717) is 19.6 Å². The maximum absolute atomic E-state index is 13.6. The van der Waals surface area contributed by atoms with Gasteiger partial charge in [-0.2, -0.15) is 0 Å². The zero-order chi connectivity index (χ0) is 28.2. The molecule has 0 fully saturated rings. The number of pyridine rings is 1. The summed E-state index contributed by atoms with van der Waals surface area (Å²) in [5.41, 5.74) is 1.35. The third-order valence-corrected chi connectivity index (χ3v) is 8.13. The Hall–Kier alpha value is -3.54. The lowest BCUT2D eigenvalue weighted by Crippen LogP contribution is -2.49. The molecule has 3 aromatic rings. The first-order valence-corrected chi connectivity index (χ1v) is 14.1. The van der Waals surface area contributed by atoms with E-state index >= 15 is 0 Å². The summed E-state index contributed by atoms with van der Waals surface area (Å²) in [5, 5.41) is 9.87. The molecule has 0 aliphatic carbocycles. The number of carbonyl (C=O) groups excluding carboxylic acids is 1. The molecule has 0 radical (unpaired) electrons. The molecule has 0 saturated heterocycles. The van der Waals surface area contributed by atoms with E-state index < -0.39 is 28.0 Å². The highest BCUT2D eigenvalue weighted by Gasteiger charge is 2.35. The van der Waals surface area contributed by atoms with E-state index in [1.807, 2.05) is 26.1 Å². The fourth-order valence-corrected chi connectivity index (χ4v) is 5.59. The lowest BCUT2D eigenvalue weighted by atomic mass is 9.99. The molecule has 208 valence electrons. The van der Waals surface area contributed by atoms with Crippen LogP contribution < -0.4 is 9.46 Å². The topological polar surface area (TPSA) is 112 Å². The van der Waals surface area contributed by atoms with E-state index in [2.05, 4.69) is 14.6 Å². The van der Waals surface area contributed by atoms with Gasteiger partial charge >= 0.3 is 0 Å². The van der Waals surface area contributed by atoms with Crippen LogP contribution in [0.5, 0.6) is 5.75 Å². The number of amides is 1.